The summed E-state index contributed by atoms with van der Waals surface area (Å²) in [6, 6.07) is 3.81. The van der Waals surface area contributed by atoms with E-state index in [0.29, 0.717) is 57.9 Å². The number of hydrogen-bond donors (Lipinski definition) is 0. The Bertz CT molecular complexity index is 900. The number of nitrogens with zero attached hydrogens (tertiary/aromatic N) is 7. The summed E-state index contributed by atoms with van der Waals surface area (Å²) >= 11 is 0. The zero-order valence-electron chi connectivity index (χ0n) is 15.7. The first kappa shape index (κ1) is 18.5. The first-order chi connectivity index (χ1) is 13.0. The second-order valence-electron chi connectivity index (χ2n) is 7.11. The molecule has 27 heavy (non-hydrogen) atoms. The topological polar surface area (TPSA) is 96.2 Å². The molecule has 0 atom stereocenters. The Morgan fingerprint density at radius 1 is 1.04 bits per heavy atom. The van der Waals surface area contributed by atoms with Crippen molar-refractivity contribution in [3.05, 3.63) is 18.0 Å². The Morgan fingerprint density at radius 2 is 1.70 bits per heavy atom. The van der Waals surface area contributed by atoms with E-state index in [1.165, 1.54) is 4.31 Å². The van der Waals surface area contributed by atoms with Gasteiger partial charge in [-0.3, -0.25) is 0 Å². The van der Waals surface area contributed by atoms with Gasteiger partial charge >= 0.3 is 0 Å². The fourth-order valence-electron chi connectivity index (χ4n) is 3.57. The third-order valence-corrected chi connectivity index (χ3v) is 7.21. The molecule has 0 radical (unpaired) electrons. The normalized spacial score (nSPS) is 21.0. The van der Waals surface area contributed by atoms with E-state index in [-0.39, 0.29) is 5.92 Å². The number of rotatable bonds is 4. The van der Waals surface area contributed by atoms with Crippen molar-refractivity contribution in [2.75, 3.05) is 58.4 Å². The third kappa shape index (κ3) is 3.51. The second kappa shape index (κ2) is 7.30. The molecule has 4 rings (SSSR count). The molecular weight excluding hydrogens is 370 g/mol. The van der Waals surface area contributed by atoms with E-state index in [4.69, 9.17) is 4.74 Å². The van der Waals surface area contributed by atoms with Crippen LogP contribution in [0.5, 0.6) is 0 Å². The van der Waals surface area contributed by atoms with Crippen molar-refractivity contribution in [3.63, 3.8) is 0 Å². The van der Waals surface area contributed by atoms with Gasteiger partial charge in [-0.05, 0) is 25.0 Å². The van der Waals surface area contributed by atoms with Crippen molar-refractivity contribution in [2.45, 2.75) is 18.8 Å². The molecule has 2 fully saturated rings. The van der Waals surface area contributed by atoms with Gasteiger partial charge in [0.05, 0.1) is 13.2 Å². The molecule has 2 aliphatic heterocycles. The summed E-state index contributed by atoms with van der Waals surface area (Å²) < 4.78 is 35.8. The van der Waals surface area contributed by atoms with Crippen LogP contribution in [0.15, 0.2) is 12.1 Å². The van der Waals surface area contributed by atoms with Gasteiger partial charge in [-0.25, -0.2) is 0 Å². The summed E-state index contributed by atoms with van der Waals surface area (Å²) in [6.07, 6.45) is 1.41. The minimum absolute atomic E-state index is 0.140. The zero-order chi connectivity index (χ0) is 19.0. The smallest absolute Gasteiger partial charge is 0.282 e. The van der Waals surface area contributed by atoms with Gasteiger partial charge in [0, 0.05) is 46.2 Å². The summed E-state index contributed by atoms with van der Waals surface area (Å²) in [4.78, 5) is 1.93. The summed E-state index contributed by atoms with van der Waals surface area (Å²) in [7, 11) is 0.459. The highest BCUT2D eigenvalue weighted by Crippen LogP contribution is 2.29. The Hall–Kier alpha value is -1.82. The van der Waals surface area contributed by atoms with Gasteiger partial charge in [0.25, 0.3) is 10.2 Å². The zero-order valence-corrected chi connectivity index (χ0v) is 16.5. The average Bonchev–Trinajstić information content (AvgIpc) is 3.12. The van der Waals surface area contributed by atoms with E-state index in [0.717, 1.165) is 11.6 Å². The number of piperidine rings is 1. The highest BCUT2D eigenvalue weighted by atomic mass is 32.2. The second-order valence-corrected chi connectivity index (χ2v) is 9.04. The molecule has 2 aromatic rings. The van der Waals surface area contributed by atoms with Gasteiger partial charge in [-0.15, -0.1) is 15.3 Å². The van der Waals surface area contributed by atoms with Crippen LogP contribution in [-0.4, -0.2) is 90.3 Å². The van der Waals surface area contributed by atoms with E-state index >= 15 is 0 Å². The van der Waals surface area contributed by atoms with Crippen molar-refractivity contribution in [3.8, 4) is 0 Å². The first-order valence-corrected chi connectivity index (χ1v) is 10.6. The molecule has 0 N–H and O–H groups in total. The van der Waals surface area contributed by atoms with Gasteiger partial charge in [0.1, 0.15) is 5.82 Å². The van der Waals surface area contributed by atoms with Crippen LogP contribution in [0.2, 0.25) is 0 Å². The van der Waals surface area contributed by atoms with Crippen LogP contribution in [0.4, 0.5) is 5.82 Å². The van der Waals surface area contributed by atoms with Crippen molar-refractivity contribution >= 4 is 21.7 Å². The van der Waals surface area contributed by atoms with Gasteiger partial charge in [0.2, 0.25) is 0 Å². The SMILES string of the molecule is CN(C)c1ccc2nnc(C3CCN(S(=O)(=O)N4CCOCC4)CC3)n2n1. The van der Waals surface area contributed by atoms with Crippen molar-refractivity contribution < 1.29 is 13.2 Å². The number of ether oxygens (including phenoxy) is 1. The molecule has 0 spiro atoms. The molecule has 0 aromatic carbocycles. The number of morpholine rings is 1. The minimum atomic E-state index is -3.42. The first-order valence-electron chi connectivity index (χ1n) is 9.19. The Balaban J connectivity index is 1.49. The summed E-state index contributed by atoms with van der Waals surface area (Å²) in [5.74, 6) is 1.77. The van der Waals surface area contributed by atoms with E-state index < -0.39 is 10.2 Å². The van der Waals surface area contributed by atoms with E-state index in [1.54, 1.807) is 8.82 Å². The molecule has 2 aromatic heterocycles. The van der Waals surface area contributed by atoms with Crippen LogP contribution in [0.3, 0.4) is 0 Å². The standard InChI is InChI=1S/C16H25N7O3S/c1-20(2)15-4-3-14-17-18-16(23(14)19-15)13-5-7-21(8-6-13)27(24,25)22-9-11-26-12-10-22/h3-4,13H,5-12H2,1-2H3. The fraction of sp³-hybridized carbons (Fsp3) is 0.688. The quantitative estimate of drug-likeness (QED) is 0.716. The van der Waals surface area contributed by atoms with Crippen LogP contribution in [0.25, 0.3) is 5.65 Å². The van der Waals surface area contributed by atoms with Gasteiger partial charge in [-0.2, -0.15) is 21.5 Å². The van der Waals surface area contributed by atoms with Crippen LogP contribution in [0.1, 0.15) is 24.6 Å². The lowest BCUT2D eigenvalue weighted by Crippen LogP contribution is -2.50. The number of hydrogen-bond acceptors (Lipinski definition) is 7. The average molecular weight is 395 g/mol. The van der Waals surface area contributed by atoms with Crippen molar-refractivity contribution in [1.29, 1.82) is 0 Å². The Labute approximate surface area is 158 Å². The highest BCUT2D eigenvalue weighted by Gasteiger charge is 2.35. The molecule has 2 aliphatic rings. The minimum Gasteiger partial charge on any atom is -0.379 e. The van der Waals surface area contributed by atoms with E-state index in [9.17, 15) is 8.42 Å². The summed E-state index contributed by atoms with van der Waals surface area (Å²) in [5.41, 5.74) is 0.707. The van der Waals surface area contributed by atoms with Crippen molar-refractivity contribution in [1.82, 2.24) is 28.4 Å². The molecular formula is C16H25N7O3S. The molecule has 4 heterocycles. The molecule has 148 valence electrons. The molecule has 0 bridgehead atoms. The van der Waals surface area contributed by atoms with Crippen LogP contribution >= 0.6 is 0 Å². The predicted octanol–water partition coefficient (Wildman–Crippen LogP) is -0.0533. The maximum atomic E-state index is 12.8. The monoisotopic (exact) mass is 395 g/mol. The number of aromatic nitrogens is 4. The molecule has 0 amide bonds. The van der Waals surface area contributed by atoms with Crippen molar-refractivity contribution in [2.24, 2.45) is 0 Å². The molecule has 0 aliphatic carbocycles. The fourth-order valence-corrected chi connectivity index (χ4v) is 5.18. The maximum Gasteiger partial charge on any atom is 0.282 e. The molecule has 11 heteroatoms. The molecule has 0 unspecified atom stereocenters. The molecule has 2 saturated heterocycles. The predicted molar refractivity (Wildman–Crippen MR) is 100.0 cm³/mol. The molecule has 0 saturated carbocycles. The largest absolute Gasteiger partial charge is 0.379 e. The van der Waals surface area contributed by atoms with E-state index in [2.05, 4.69) is 15.3 Å². The summed E-state index contributed by atoms with van der Waals surface area (Å²) in [5, 5.41) is 13.2. The van der Waals surface area contributed by atoms with Crippen LogP contribution in [0, 0.1) is 0 Å². The number of anilines is 1. The maximum absolute atomic E-state index is 12.8. The van der Waals surface area contributed by atoms with Gasteiger partial charge < -0.3 is 9.64 Å². The Morgan fingerprint density at radius 3 is 2.37 bits per heavy atom. The third-order valence-electron chi connectivity index (χ3n) is 5.17. The highest BCUT2D eigenvalue weighted by molar-refractivity contribution is 7.86. The van der Waals surface area contributed by atoms with E-state index in [1.807, 2.05) is 31.1 Å². The number of fused-ring (bicyclic) bond motifs is 1. The Kier molecular flexibility index (Phi) is 5.01. The molecule has 10 nitrogen and oxygen atoms in total. The van der Waals surface area contributed by atoms with Crippen LogP contribution in [-0.2, 0) is 14.9 Å². The lowest BCUT2D eigenvalue weighted by atomic mass is 9.97. The summed E-state index contributed by atoms with van der Waals surface area (Å²) in [6.45, 7) is 2.73. The van der Waals surface area contributed by atoms with Crippen LogP contribution < -0.4 is 4.90 Å². The lowest BCUT2D eigenvalue weighted by molar-refractivity contribution is 0.0696. The lowest BCUT2D eigenvalue weighted by Gasteiger charge is -2.35. The van der Waals surface area contributed by atoms with Gasteiger partial charge in [0.15, 0.2) is 11.5 Å². The van der Waals surface area contributed by atoms with Gasteiger partial charge in [-0.1, -0.05) is 0 Å².